The van der Waals surface area contributed by atoms with Crippen molar-refractivity contribution in [3.8, 4) is 0 Å². The number of rotatable bonds is 1. The van der Waals surface area contributed by atoms with Gasteiger partial charge >= 0.3 is 0 Å². The molecule has 0 bridgehead atoms. The number of alkyl halides is 2. The molecule has 0 aromatic carbocycles. The van der Waals surface area contributed by atoms with E-state index in [1.165, 1.54) is 6.92 Å². The lowest BCUT2D eigenvalue weighted by Gasteiger charge is -2.04. The van der Waals surface area contributed by atoms with Gasteiger partial charge in [-0.25, -0.2) is 4.99 Å². The van der Waals surface area contributed by atoms with Gasteiger partial charge in [0.2, 0.25) is 0 Å². The highest BCUT2D eigenvalue weighted by Gasteiger charge is 2.25. The Morgan fingerprint density at radius 1 is 1.75 bits per heavy atom. The van der Waals surface area contributed by atoms with E-state index in [4.69, 9.17) is 23.2 Å². The van der Waals surface area contributed by atoms with Crippen LogP contribution in [0.25, 0.3) is 0 Å². The number of hydrogen-bond donors (Lipinski definition) is 0. The Kier molecular flexibility index (Phi) is 2.44. The second-order valence-corrected chi connectivity index (χ2v) is 3.06. The van der Waals surface area contributed by atoms with Crippen LogP contribution in [0, 0.1) is 0 Å². The van der Waals surface area contributed by atoms with E-state index >= 15 is 0 Å². The van der Waals surface area contributed by atoms with Crippen LogP contribution >= 0.6 is 23.2 Å². The second kappa shape index (κ2) is 2.46. The number of hydrogen-bond acceptors (Lipinski definition) is 1. The third-order valence-corrected chi connectivity index (χ3v) is 0.842. The van der Waals surface area contributed by atoms with Gasteiger partial charge in [0.25, 0.3) is 5.91 Å². The van der Waals surface area contributed by atoms with Gasteiger partial charge < -0.3 is 0 Å². The lowest BCUT2D eigenvalue weighted by Crippen LogP contribution is -2.18. The molecule has 0 spiro atoms. The lowest BCUT2D eigenvalue weighted by atomic mass is 10.4. The summed E-state index contributed by atoms with van der Waals surface area (Å²) in [5.41, 5.74) is 0. The fourth-order valence-electron chi connectivity index (χ4n) is 0.139. The molecule has 0 aliphatic heterocycles. The maximum Gasteiger partial charge on any atom is 0.281 e. The number of aliphatic imine (C=N–C) groups is 1. The number of nitrogens with zero attached hydrogens (tertiary/aromatic N) is 1. The number of carbonyl (C=O) groups excluding carboxylic acids is 1. The van der Waals surface area contributed by atoms with E-state index in [0.717, 1.165) is 0 Å². The van der Waals surface area contributed by atoms with Crippen LogP contribution in [0.15, 0.2) is 4.99 Å². The van der Waals surface area contributed by atoms with Gasteiger partial charge in [0, 0.05) is 0 Å². The van der Waals surface area contributed by atoms with E-state index in [1.807, 2.05) is 0 Å². The maximum atomic E-state index is 10.3. The van der Waals surface area contributed by atoms with Crippen LogP contribution in [0.1, 0.15) is 6.92 Å². The summed E-state index contributed by atoms with van der Waals surface area (Å²) in [4.78, 5) is 13.3. The predicted octanol–water partition coefficient (Wildman–Crippen LogP) is 1.41. The van der Waals surface area contributed by atoms with Crippen molar-refractivity contribution in [2.45, 2.75) is 11.3 Å². The standard InChI is InChI=1S/C4H5Cl2NO/c1-4(5,6)3(8)7-2/h2H2,1H3. The third-order valence-electron chi connectivity index (χ3n) is 0.519. The maximum absolute atomic E-state index is 10.3. The Bertz CT molecular complexity index is 116. The number of amides is 1. The van der Waals surface area contributed by atoms with E-state index < -0.39 is 10.2 Å². The Morgan fingerprint density at radius 3 is 2.12 bits per heavy atom. The fourth-order valence-corrected chi connectivity index (χ4v) is 0.258. The molecule has 0 unspecified atom stereocenters. The molecule has 4 heteroatoms. The van der Waals surface area contributed by atoms with E-state index in [-0.39, 0.29) is 0 Å². The minimum absolute atomic E-state index is 0.624. The van der Waals surface area contributed by atoms with Gasteiger partial charge in [-0.2, -0.15) is 0 Å². The highest BCUT2D eigenvalue weighted by molar-refractivity contribution is 6.57. The van der Waals surface area contributed by atoms with E-state index in [9.17, 15) is 4.79 Å². The second-order valence-electron chi connectivity index (χ2n) is 1.35. The van der Waals surface area contributed by atoms with Crippen LogP contribution in [0.5, 0.6) is 0 Å². The predicted molar refractivity (Wildman–Crippen MR) is 34.7 cm³/mol. The van der Waals surface area contributed by atoms with Crippen molar-refractivity contribution in [1.29, 1.82) is 0 Å². The molecule has 0 saturated heterocycles. The molecule has 0 N–H and O–H groups in total. The molecule has 0 saturated carbocycles. The summed E-state index contributed by atoms with van der Waals surface area (Å²) < 4.78 is -1.41. The van der Waals surface area contributed by atoms with Crippen LogP contribution in [0.3, 0.4) is 0 Å². The van der Waals surface area contributed by atoms with Crippen molar-refractivity contribution in [3.05, 3.63) is 0 Å². The molecule has 0 aromatic heterocycles. The molecule has 0 aliphatic rings. The largest absolute Gasteiger partial charge is 0.281 e. The number of halogens is 2. The summed E-state index contributed by atoms with van der Waals surface area (Å²) in [6.07, 6.45) is 0. The number of carbonyl (C=O) groups is 1. The molecule has 0 aromatic rings. The summed E-state index contributed by atoms with van der Waals surface area (Å²) in [5, 5.41) is 0. The van der Waals surface area contributed by atoms with Crippen molar-refractivity contribution in [2.75, 3.05) is 0 Å². The molecule has 0 fully saturated rings. The van der Waals surface area contributed by atoms with Gasteiger partial charge in [-0.3, -0.25) is 4.79 Å². The highest BCUT2D eigenvalue weighted by Crippen LogP contribution is 2.20. The normalized spacial score (nSPS) is 10.9. The first-order valence-corrected chi connectivity index (χ1v) is 2.63. The quantitative estimate of drug-likeness (QED) is 0.414. The molecule has 0 rings (SSSR count). The van der Waals surface area contributed by atoms with E-state index in [0.29, 0.717) is 0 Å². The smallest absolute Gasteiger partial charge is 0.269 e. The van der Waals surface area contributed by atoms with Gasteiger partial charge in [-0.1, -0.05) is 23.2 Å². The summed E-state index contributed by atoms with van der Waals surface area (Å²) in [6.45, 7) is 4.30. The van der Waals surface area contributed by atoms with Crippen LogP contribution in [-0.2, 0) is 4.79 Å². The van der Waals surface area contributed by atoms with Crippen LogP contribution in [0.4, 0.5) is 0 Å². The van der Waals surface area contributed by atoms with Crippen molar-refractivity contribution in [1.82, 2.24) is 0 Å². The molecular weight excluding hydrogens is 149 g/mol. The van der Waals surface area contributed by atoms with Gasteiger partial charge in [-0.05, 0) is 13.6 Å². The SMILES string of the molecule is C=NC(=O)C(C)(Cl)Cl. The summed E-state index contributed by atoms with van der Waals surface area (Å²) >= 11 is 10.5. The first-order valence-electron chi connectivity index (χ1n) is 1.87. The van der Waals surface area contributed by atoms with Gasteiger partial charge in [0.15, 0.2) is 4.33 Å². The molecular formula is C4H5Cl2NO. The van der Waals surface area contributed by atoms with Crippen molar-refractivity contribution in [3.63, 3.8) is 0 Å². The third kappa shape index (κ3) is 2.28. The summed E-state index contributed by atoms with van der Waals surface area (Å²) in [6, 6.07) is 0. The van der Waals surface area contributed by atoms with Crippen LogP contribution in [0.2, 0.25) is 0 Å². The van der Waals surface area contributed by atoms with E-state index in [1.54, 1.807) is 0 Å². The average Bonchev–Trinajstić information content (AvgIpc) is 1.62. The molecule has 2 nitrogen and oxygen atoms in total. The Labute approximate surface area is 57.5 Å². The molecule has 0 radical (unpaired) electrons. The monoisotopic (exact) mass is 153 g/mol. The molecule has 1 amide bonds. The van der Waals surface area contributed by atoms with Crippen molar-refractivity contribution in [2.24, 2.45) is 4.99 Å². The van der Waals surface area contributed by atoms with Crippen LogP contribution in [-0.4, -0.2) is 17.0 Å². The Hall–Kier alpha value is -0.0800. The molecule has 0 atom stereocenters. The first kappa shape index (κ1) is 7.92. The minimum Gasteiger partial charge on any atom is -0.269 e. The topological polar surface area (TPSA) is 29.4 Å². The Morgan fingerprint density at radius 2 is 2.12 bits per heavy atom. The molecule has 0 heterocycles. The first-order chi connectivity index (χ1) is 3.48. The minimum atomic E-state index is -1.41. The zero-order valence-corrected chi connectivity index (χ0v) is 5.83. The zero-order chi connectivity index (χ0) is 6.78. The van der Waals surface area contributed by atoms with Gasteiger partial charge in [0.1, 0.15) is 0 Å². The lowest BCUT2D eigenvalue weighted by molar-refractivity contribution is -0.118. The Balaban J connectivity index is 4.02. The van der Waals surface area contributed by atoms with Gasteiger partial charge in [0.05, 0.1) is 0 Å². The van der Waals surface area contributed by atoms with Crippen molar-refractivity contribution >= 4 is 35.8 Å². The highest BCUT2D eigenvalue weighted by atomic mass is 35.5. The molecule has 46 valence electrons. The molecule has 0 aliphatic carbocycles. The summed E-state index contributed by atoms with van der Waals surface area (Å²) in [7, 11) is 0. The molecule has 8 heavy (non-hydrogen) atoms. The van der Waals surface area contributed by atoms with E-state index in [2.05, 4.69) is 11.7 Å². The fraction of sp³-hybridized carbons (Fsp3) is 0.500. The average molecular weight is 154 g/mol. The van der Waals surface area contributed by atoms with Gasteiger partial charge in [-0.15, -0.1) is 0 Å². The zero-order valence-electron chi connectivity index (χ0n) is 4.32. The van der Waals surface area contributed by atoms with Crippen molar-refractivity contribution < 1.29 is 4.79 Å². The van der Waals surface area contributed by atoms with Crippen LogP contribution < -0.4 is 0 Å². The summed E-state index contributed by atoms with van der Waals surface area (Å²) in [5.74, 6) is -0.624.